The van der Waals surface area contributed by atoms with Crippen molar-refractivity contribution in [3.05, 3.63) is 89.2 Å². The molecule has 0 radical (unpaired) electrons. The summed E-state index contributed by atoms with van der Waals surface area (Å²) in [7, 11) is -2.12. The van der Waals surface area contributed by atoms with Crippen molar-refractivity contribution in [2.75, 3.05) is 37.9 Å². The van der Waals surface area contributed by atoms with Crippen LogP contribution >= 0.6 is 0 Å². The Morgan fingerprint density at radius 3 is 2.32 bits per heavy atom. The number of alkyl halides is 3. The van der Waals surface area contributed by atoms with Crippen LogP contribution in [0.4, 0.5) is 18.9 Å². The molecule has 0 spiro atoms. The Balaban J connectivity index is 1.42. The van der Waals surface area contributed by atoms with Crippen LogP contribution in [0.3, 0.4) is 0 Å². The zero-order valence-corrected chi connectivity index (χ0v) is 26.4. The van der Waals surface area contributed by atoms with Crippen LogP contribution in [0.25, 0.3) is 16.8 Å². The van der Waals surface area contributed by atoms with Crippen molar-refractivity contribution in [3.63, 3.8) is 0 Å². The molecule has 2 amide bonds. The Hall–Kier alpha value is -4.69. The number of aromatic nitrogens is 2. The molecule has 0 atom stereocenters. The average molecular weight is 668 g/mol. The third-order valence-electron chi connectivity index (χ3n) is 8.55. The van der Waals surface area contributed by atoms with Crippen molar-refractivity contribution in [1.29, 1.82) is 0 Å². The highest BCUT2D eigenvalue weighted by atomic mass is 32.2. The van der Waals surface area contributed by atoms with E-state index in [0.29, 0.717) is 48.5 Å². The van der Waals surface area contributed by atoms with E-state index in [4.69, 9.17) is 10.5 Å². The van der Waals surface area contributed by atoms with E-state index in [1.54, 1.807) is 47.4 Å². The van der Waals surface area contributed by atoms with Crippen molar-refractivity contribution in [1.82, 2.24) is 14.7 Å². The zero-order chi connectivity index (χ0) is 33.7. The Morgan fingerprint density at radius 1 is 1.00 bits per heavy atom. The van der Waals surface area contributed by atoms with Gasteiger partial charge in [-0.25, -0.2) is 13.1 Å². The van der Waals surface area contributed by atoms with Gasteiger partial charge in [0.1, 0.15) is 11.4 Å². The van der Waals surface area contributed by atoms with Crippen LogP contribution in [0.1, 0.15) is 44.9 Å². The van der Waals surface area contributed by atoms with E-state index in [-0.39, 0.29) is 46.4 Å². The van der Waals surface area contributed by atoms with Crippen LogP contribution in [0.5, 0.6) is 5.75 Å². The zero-order valence-electron chi connectivity index (χ0n) is 25.6. The molecule has 2 aliphatic heterocycles. The molecule has 10 nitrogen and oxygen atoms in total. The topological polar surface area (TPSA) is 128 Å². The van der Waals surface area contributed by atoms with Gasteiger partial charge < -0.3 is 20.3 Å². The maximum atomic E-state index is 14.3. The molecular formula is C33H32F3N5O5S. The number of halogens is 3. The summed E-state index contributed by atoms with van der Waals surface area (Å²) in [6.07, 6.45) is -2.73. The fourth-order valence-corrected chi connectivity index (χ4v) is 7.04. The first-order chi connectivity index (χ1) is 22.3. The predicted molar refractivity (Wildman–Crippen MR) is 169 cm³/mol. The number of sulfone groups is 1. The number of fused-ring (bicyclic) bond motifs is 1. The second kappa shape index (κ2) is 12.2. The molecule has 3 heterocycles. The van der Waals surface area contributed by atoms with Gasteiger partial charge in [0.2, 0.25) is 0 Å². The van der Waals surface area contributed by atoms with Crippen LogP contribution in [0.15, 0.2) is 71.6 Å². The Bertz CT molecular complexity index is 1970. The molecule has 1 saturated heterocycles. The molecule has 3 aromatic carbocycles. The first-order valence-electron chi connectivity index (χ1n) is 14.9. The minimum atomic E-state index is -4.86. The van der Waals surface area contributed by atoms with E-state index in [9.17, 15) is 31.2 Å². The maximum Gasteiger partial charge on any atom is 0.435 e. The minimum absolute atomic E-state index is 0.0142. The summed E-state index contributed by atoms with van der Waals surface area (Å²) in [5.74, 6) is -0.848. The summed E-state index contributed by atoms with van der Waals surface area (Å²) in [5.41, 5.74) is 5.80. The third-order valence-corrected chi connectivity index (χ3v) is 9.71. The Kier molecular flexibility index (Phi) is 8.34. The molecule has 6 rings (SSSR count). The summed E-state index contributed by atoms with van der Waals surface area (Å²) in [5, 5.41) is 3.91. The first kappa shape index (κ1) is 32.3. The average Bonchev–Trinajstić information content (AvgIpc) is 3.46. The van der Waals surface area contributed by atoms with Crippen LogP contribution in [-0.4, -0.2) is 74.0 Å². The van der Waals surface area contributed by atoms with E-state index in [1.807, 2.05) is 0 Å². The highest BCUT2D eigenvalue weighted by Crippen LogP contribution is 2.38. The van der Waals surface area contributed by atoms with Crippen LogP contribution in [0.2, 0.25) is 0 Å². The number of carbonyl (C=O) groups is 2. The first-order valence-corrected chi connectivity index (χ1v) is 16.8. The van der Waals surface area contributed by atoms with Gasteiger partial charge >= 0.3 is 6.18 Å². The maximum absolute atomic E-state index is 14.3. The lowest BCUT2D eigenvalue weighted by Crippen LogP contribution is -2.43. The summed E-state index contributed by atoms with van der Waals surface area (Å²) in [6, 6.07) is 17.4. The molecule has 0 saturated carbocycles. The van der Waals surface area contributed by atoms with Gasteiger partial charge in [0.25, 0.3) is 11.8 Å². The van der Waals surface area contributed by atoms with Crippen molar-refractivity contribution in [2.45, 2.75) is 36.4 Å². The summed E-state index contributed by atoms with van der Waals surface area (Å²) >= 11 is 0. The second-order valence-electron chi connectivity index (χ2n) is 11.6. The summed E-state index contributed by atoms with van der Waals surface area (Å²) < 4.78 is 73.9. The van der Waals surface area contributed by atoms with Crippen LogP contribution < -0.4 is 15.4 Å². The van der Waals surface area contributed by atoms with Gasteiger partial charge in [-0.3, -0.25) is 9.59 Å². The number of nitrogens with zero attached hydrogens (tertiary/aromatic N) is 4. The highest BCUT2D eigenvalue weighted by molar-refractivity contribution is 7.90. The highest BCUT2D eigenvalue weighted by Gasteiger charge is 2.44. The van der Waals surface area contributed by atoms with Gasteiger partial charge in [-0.15, -0.1) is 0 Å². The molecule has 14 heteroatoms. The van der Waals surface area contributed by atoms with Gasteiger partial charge in [-0.2, -0.15) is 18.3 Å². The van der Waals surface area contributed by atoms with E-state index in [0.717, 1.165) is 10.9 Å². The fraction of sp³-hybridized carbons (Fsp3) is 0.303. The number of piperidine rings is 1. The molecule has 1 fully saturated rings. The molecule has 2 aliphatic rings. The quantitative estimate of drug-likeness (QED) is 0.315. The minimum Gasteiger partial charge on any atom is -0.497 e. The van der Waals surface area contributed by atoms with Crippen molar-refractivity contribution in [3.8, 4) is 22.6 Å². The number of amides is 2. The number of methoxy groups -OCH3 is 1. The normalized spacial score (nSPS) is 15.9. The lowest BCUT2D eigenvalue weighted by molar-refractivity contribution is -0.141. The van der Waals surface area contributed by atoms with Gasteiger partial charge in [0, 0.05) is 48.7 Å². The smallest absolute Gasteiger partial charge is 0.435 e. The molecule has 47 heavy (non-hydrogen) atoms. The number of nitrogens with two attached hydrogens (primary N) is 1. The van der Waals surface area contributed by atoms with E-state index >= 15 is 0 Å². The molecule has 4 aromatic rings. The number of hydrogen-bond donors (Lipinski definition) is 1. The van der Waals surface area contributed by atoms with Gasteiger partial charge in [0.05, 0.1) is 23.3 Å². The molecular weight excluding hydrogens is 635 g/mol. The molecule has 246 valence electrons. The van der Waals surface area contributed by atoms with E-state index in [1.165, 1.54) is 36.3 Å². The molecule has 0 unspecified atom stereocenters. The predicted octanol–water partition coefficient (Wildman–Crippen LogP) is 4.74. The van der Waals surface area contributed by atoms with Crippen molar-refractivity contribution in [2.24, 2.45) is 5.73 Å². The summed E-state index contributed by atoms with van der Waals surface area (Å²) in [4.78, 5) is 31.0. The van der Waals surface area contributed by atoms with Crippen LogP contribution in [0, 0.1) is 0 Å². The number of hydrogen-bond acceptors (Lipinski definition) is 7. The Morgan fingerprint density at radius 2 is 1.68 bits per heavy atom. The summed E-state index contributed by atoms with van der Waals surface area (Å²) in [6.45, 7) is 0.695. The van der Waals surface area contributed by atoms with E-state index < -0.39 is 33.5 Å². The van der Waals surface area contributed by atoms with Gasteiger partial charge in [-0.1, -0.05) is 30.3 Å². The number of benzene rings is 3. The van der Waals surface area contributed by atoms with E-state index in [2.05, 4.69) is 5.10 Å². The van der Waals surface area contributed by atoms with Gasteiger partial charge in [-0.05, 0) is 61.2 Å². The molecule has 2 N–H and O–H groups in total. The second-order valence-corrected chi connectivity index (χ2v) is 13.6. The number of rotatable bonds is 6. The fourth-order valence-electron chi connectivity index (χ4n) is 6.13. The lowest BCUT2D eigenvalue weighted by Gasteiger charge is -2.31. The van der Waals surface area contributed by atoms with Crippen LogP contribution in [-0.2, 0) is 22.4 Å². The SMILES string of the molecule is COc1ccc(-n2nc(C(F)(F)F)c3c2C(=O)N(c2ccc(-c4ccccc4S(C)(=O)=O)cc2)CC3)c(C(=O)N2CCC(N)CC2)c1. The third kappa shape index (κ3) is 6.10. The Labute approximate surface area is 269 Å². The molecule has 1 aromatic heterocycles. The molecule has 0 aliphatic carbocycles. The number of carbonyl (C=O) groups excluding carboxylic acids is 2. The molecule has 0 bridgehead atoms. The van der Waals surface area contributed by atoms with Crippen molar-refractivity contribution >= 4 is 27.3 Å². The standard InChI is InChI=1S/C33H32F3N5O5S/c1-46-23-11-12-27(26(19-23)31(42)39-16-13-21(37)14-17-39)41-29-25(30(38-41)33(34,35)36)15-18-40(32(29)43)22-9-7-20(8-10-22)24-5-3-4-6-28(24)47(2,44)45/h3-12,19,21H,13-18,37H2,1-2H3. The van der Waals surface area contributed by atoms with Crippen molar-refractivity contribution < 1.29 is 35.9 Å². The largest absolute Gasteiger partial charge is 0.497 e. The number of ether oxygens (including phenoxy) is 1. The van der Waals surface area contributed by atoms with Gasteiger partial charge in [0.15, 0.2) is 15.5 Å². The number of anilines is 1. The monoisotopic (exact) mass is 667 g/mol. The lowest BCUT2D eigenvalue weighted by atomic mass is 10.0. The number of likely N-dealkylation sites (tertiary alicyclic amines) is 1.